The fourth-order valence-corrected chi connectivity index (χ4v) is 4.08. The number of rotatable bonds is 7. The number of aliphatic imine (C=N–C) groups is 1. The summed E-state index contributed by atoms with van der Waals surface area (Å²) in [7, 11) is 0. The summed E-state index contributed by atoms with van der Waals surface area (Å²) < 4.78 is 29.5. The van der Waals surface area contributed by atoms with Crippen LogP contribution in [0.25, 0.3) is 5.57 Å². The molecule has 4 rings (SSSR count). The molecule has 2 aliphatic carbocycles. The van der Waals surface area contributed by atoms with E-state index in [4.69, 9.17) is 17.3 Å². The number of allylic oxidation sites excluding steroid dienone is 1. The summed E-state index contributed by atoms with van der Waals surface area (Å²) in [4.78, 5) is 29.2. The van der Waals surface area contributed by atoms with Gasteiger partial charge in [0.05, 0.1) is 11.0 Å². The second-order valence-electron chi connectivity index (χ2n) is 8.33. The van der Waals surface area contributed by atoms with Crippen molar-refractivity contribution in [3.63, 3.8) is 0 Å². The molecule has 0 aliphatic heterocycles. The second kappa shape index (κ2) is 8.94. The van der Waals surface area contributed by atoms with Crippen molar-refractivity contribution in [3.05, 3.63) is 69.9 Å². The average Bonchev–Trinajstić information content (AvgIpc) is 3.52. The molecule has 0 unspecified atom stereocenters. The van der Waals surface area contributed by atoms with E-state index in [2.05, 4.69) is 10.3 Å². The number of hydrogen-bond acceptors (Lipinski definition) is 4. The first kappa shape index (κ1) is 22.9. The van der Waals surface area contributed by atoms with Gasteiger partial charge in [-0.15, -0.1) is 0 Å². The minimum Gasteiger partial charge on any atom is -0.478 e. The molecule has 6 nitrogen and oxygen atoms in total. The number of nitrogens with one attached hydrogen (secondary N) is 1. The van der Waals surface area contributed by atoms with Gasteiger partial charge in [-0.1, -0.05) is 17.7 Å². The summed E-state index contributed by atoms with van der Waals surface area (Å²) in [5.74, 6) is -3.41. The maximum atomic E-state index is 15.1. The van der Waals surface area contributed by atoms with Crippen molar-refractivity contribution in [1.82, 2.24) is 0 Å². The third kappa shape index (κ3) is 4.48. The monoisotopic (exact) mass is 473 g/mol. The highest BCUT2D eigenvalue weighted by molar-refractivity contribution is 6.30. The SMILES string of the molecule is NC=C(C=NC1CCC1)c1c(F)cc(NC(=O)C2(c3ccc(Cl)cc3F)CC2)cc1C(=O)O. The number of carboxylic acid groups (broad SMARTS) is 1. The Labute approximate surface area is 194 Å². The molecule has 0 bridgehead atoms. The predicted molar refractivity (Wildman–Crippen MR) is 123 cm³/mol. The molecule has 0 radical (unpaired) electrons. The van der Waals surface area contributed by atoms with Gasteiger partial charge in [-0.2, -0.15) is 0 Å². The number of anilines is 1. The largest absolute Gasteiger partial charge is 0.478 e. The number of hydrogen-bond donors (Lipinski definition) is 3. The van der Waals surface area contributed by atoms with E-state index in [1.54, 1.807) is 0 Å². The summed E-state index contributed by atoms with van der Waals surface area (Å²) in [5.41, 5.74) is 4.23. The number of nitrogens with two attached hydrogens (primary N) is 1. The number of nitrogens with zero attached hydrogens (tertiary/aromatic N) is 1. The van der Waals surface area contributed by atoms with Gasteiger partial charge in [0.2, 0.25) is 5.91 Å². The van der Waals surface area contributed by atoms with Crippen LogP contribution in [0.15, 0.2) is 41.5 Å². The van der Waals surface area contributed by atoms with E-state index in [9.17, 15) is 19.1 Å². The van der Waals surface area contributed by atoms with Gasteiger partial charge in [0.25, 0.3) is 0 Å². The highest BCUT2D eigenvalue weighted by Crippen LogP contribution is 2.50. The number of amides is 1. The maximum absolute atomic E-state index is 15.1. The minimum atomic E-state index is -1.39. The van der Waals surface area contributed by atoms with Gasteiger partial charge in [0, 0.05) is 45.9 Å². The summed E-state index contributed by atoms with van der Waals surface area (Å²) in [6, 6.07) is 6.39. The Morgan fingerprint density at radius 1 is 1.18 bits per heavy atom. The molecule has 4 N–H and O–H groups in total. The summed E-state index contributed by atoms with van der Waals surface area (Å²) in [6.45, 7) is 0. The quantitative estimate of drug-likeness (QED) is 0.497. The molecule has 0 saturated heterocycles. The van der Waals surface area contributed by atoms with Crippen LogP contribution in [0.5, 0.6) is 0 Å². The average molecular weight is 474 g/mol. The number of carbonyl (C=O) groups is 2. The van der Waals surface area contributed by atoms with Crippen LogP contribution in [0.2, 0.25) is 5.02 Å². The van der Waals surface area contributed by atoms with E-state index in [0.717, 1.165) is 43.7 Å². The van der Waals surface area contributed by atoms with Gasteiger partial charge in [-0.25, -0.2) is 13.6 Å². The van der Waals surface area contributed by atoms with E-state index >= 15 is 4.39 Å². The lowest BCUT2D eigenvalue weighted by molar-refractivity contribution is -0.118. The Hall–Kier alpha value is -3.26. The van der Waals surface area contributed by atoms with Crippen molar-refractivity contribution < 1.29 is 23.5 Å². The van der Waals surface area contributed by atoms with E-state index in [1.165, 1.54) is 18.3 Å². The number of aromatic carboxylic acids is 1. The second-order valence-corrected chi connectivity index (χ2v) is 8.77. The van der Waals surface area contributed by atoms with Crippen molar-refractivity contribution in [1.29, 1.82) is 0 Å². The van der Waals surface area contributed by atoms with Crippen LogP contribution in [0.4, 0.5) is 14.5 Å². The Kier molecular flexibility index (Phi) is 6.21. The van der Waals surface area contributed by atoms with Gasteiger partial charge in [0.1, 0.15) is 11.6 Å². The molecule has 2 saturated carbocycles. The lowest BCUT2D eigenvalue weighted by atomic mass is 9.93. The van der Waals surface area contributed by atoms with E-state index < -0.39 is 28.9 Å². The van der Waals surface area contributed by atoms with Crippen molar-refractivity contribution >= 4 is 41.0 Å². The predicted octanol–water partition coefficient (Wildman–Crippen LogP) is 4.91. The van der Waals surface area contributed by atoms with Gasteiger partial charge < -0.3 is 16.2 Å². The number of carbonyl (C=O) groups excluding carboxylic acids is 1. The molecular weight excluding hydrogens is 452 g/mol. The first-order valence-electron chi connectivity index (χ1n) is 10.5. The van der Waals surface area contributed by atoms with E-state index in [0.29, 0.717) is 12.8 Å². The smallest absolute Gasteiger partial charge is 0.336 e. The molecule has 2 fully saturated rings. The van der Waals surface area contributed by atoms with Gasteiger partial charge in [-0.3, -0.25) is 9.79 Å². The normalized spacial score (nSPS) is 17.6. The van der Waals surface area contributed by atoms with Crippen LogP contribution in [0.1, 0.15) is 53.6 Å². The Bertz CT molecular complexity index is 1190. The molecule has 2 aromatic carbocycles. The molecular formula is C24H22ClF2N3O3. The zero-order valence-corrected chi connectivity index (χ0v) is 18.3. The van der Waals surface area contributed by atoms with Crippen molar-refractivity contribution in [2.24, 2.45) is 10.7 Å². The summed E-state index contributed by atoms with van der Waals surface area (Å²) >= 11 is 5.80. The van der Waals surface area contributed by atoms with E-state index in [-0.39, 0.29) is 39.0 Å². The number of carboxylic acids is 1. The van der Waals surface area contributed by atoms with Crippen LogP contribution >= 0.6 is 11.6 Å². The van der Waals surface area contributed by atoms with Gasteiger partial charge in [0.15, 0.2) is 0 Å². The zero-order valence-electron chi connectivity index (χ0n) is 17.6. The van der Waals surface area contributed by atoms with Crippen LogP contribution < -0.4 is 11.1 Å². The molecule has 0 heterocycles. The molecule has 0 atom stereocenters. The minimum absolute atomic E-state index is 0.0494. The number of benzene rings is 2. The fourth-order valence-electron chi connectivity index (χ4n) is 3.93. The zero-order chi connectivity index (χ0) is 23.8. The van der Waals surface area contributed by atoms with Gasteiger partial charge in [-0.05, 0) is 56.4 Å². The van der Waals surface area contributed by atoms with Crippen molar-refractivity contribution in [2.45, 2.75) is 43.6 Å². The molecule has 0 spiro atoms. The standard InChI is InChI=1S/C24H22ClF2N3O3/c25-14-4-5-18(19(26)8-14)24(6-7-24)23(33)30-16-9-17(22(31)32)21(20(27)10-16)13(11-28)12-29-15-2-1-3-15/h4-5,8-12,15H,1-3,6-7,28H2,(H,30,33)(H,31,32). The fraction of sp³-hybridized carbons (Fsp3) is 0.292. The maximum Gasteiger partial charge on any atom is 0.336 e. The van der Waals surface area contributed by atoms with Crippen molar-refractivity contribution in [3.8, 4) is 0 Å². The van der Waals surface area contributed by atoms with Crippen molar-refractivity contribution in [2.75, 3.05) is 5.32 Å². The molecule has 172 valence electrons. The summed E-state index contributed by atoms with van der Waals surface area (Å²) in [5, 5.41) is 12.4. The molecule has 1 amide bonds. The Morgan fingerprint density at radius 2 is 1.91 bits per heavy atom. The first-order chi connectivity index (χ1) is 15.7. The van der Waals surface area contributed by atoms with Crippen LogP contribution in [-0.2, 0) is 10.2 Å². The lowest BCUT2D eigenvalue weighted by Gasteiger charge is -2.21. The Balaban J connectivity index is 1.63. The molecule has 2 aliphatic rings. The molecule has 9 heteroatoms. The third-order valence-electron chi connectivity index (χ3n) is 6.18. The van der Waals surface area contributed by atoms with Gasteiger partial charge >= 0.3 is 5.97 Å². The van der Waals surface area contributed by atoms with E-state index in [1.807, 2.05) is 0 Å². The third-order valence-corrected chi connectivity index (χ3v) is 6.41. The van der Waals surface area contributed by atoms with Crippen LogP contribution in [0.3, 0.4) is 0 Å². The lowest BCUT2D eigenvalue weighted by Crippen LogP contribution is -2.29. The molecule has 0 aromatic heterocycles. The highest BCUT2D eigenvalue weighted by atomic mass is 35.5. The number of halogens is 3. The van der Waals surface area contributed by atoms with Crippen LogP contribution in [-0.4, -0.2) is 29.2 Å². The molecule has 33 heavy (non-hydrogen) atoms. The summed E-state index contributed by atoms with van der Waals surface area (Å²) in [6.07, 6.45) is 6.20. The topological polar surface area (TPSA) is 105 Å². The highest BCUT2D eigenvalue weighted by Gasteiger charge is 2.52. The first-order valence-corrected chi connectivity index (χ1v) is 10.9. The Morgan fingerprint density at radius 3 is 2.45 bits per heavy atom. The molecule has 2 aromatic rings. The van der Waals surface area contributed by atoms with Crippen LogP contribution in [0, 0.1) is 11.6 Å².